The summed E-state index contributed by atoms with van der Waals surface area (Å²) in [6.45, 7) is 5.93. The van der Waals surface area contributed by atoms with Crippen molar-refractivity contribution >= 4 is 34.2 Å². The molecule has 2 aliphatic carbocycles. The van der Waals surface area contributed by atoms with Crippen LogP contribution in [0.25, 0.3) is 16.9 Å². The van der Waals surface area contributed by atoms with E-state index in [2.05, 4.69) is 66.0 Å². The number of anilines is 1. The standard InChI is InChI=1S/C27H26N4O3S/c1-14-4-8-19(9-5-14)31-15(2)10-20(16(31)3)21-13-35-27(28-21)29-22(32)12-30-25(33)23-17-6-7-18(11-17)24(23)26(30)34/h4-10,13,17-18,23-24H,11-12H2,1-3H3,(H,28,29,32). The van der Waals surface area contributed by atoms with E-state index in [4.69, 9.17) is 0 Å². The summed E-state index contributed by atoms with van der Waals surface area (Å²) in [6.07, 6.45) is 4.97. The second-order valence-corrected chi connectivity index (χ2v) is 10.7. The Kier molecular flexibility index (Phi) is 5.03. The van der Waals surface area contributed by atoms with Crippen LogP contribution in [0.5, 0.6) is 0 Å². The lowest BCUT2D eigenvalue weighted by atomic mass is 9.85. The number of rotatable bonds is 5. The molecule has 1 saturated heterocycles. The number of carbonyl (C=O) groups is 3. The third-order valence-corrected chi connectivity index (χ3v) is 8.37. The molecule has 3 heterocycles. The van der Waals surface area contributed by atoms with Gasteiger partial charge in [0.15, 0.2) is 5.13 Å². The number of hydrogen-bond acceptors (Lipinski definition) is 5. The number of benzene rings is 1. The van der Waals surface area contributed by atoms with Gasteiger partial charge < -0.3 is 9.88 Å². The molecule has 6 rings (SSSR count). The highest BCUT2D eigenvalue weighted by atomic mass is 32.1. The van der Waals surface area contributed by atoms with Crippen molar-refractivity contribution in [2.45, 2.75) is 27.2 Å². The summed E-state index contributed by atoms with van der Waals surface area (Å²) in [5.41, 5.74) is 6.25. The number of hydrogen-bond donors (Lipinski definition) is 1. The zero-order chi connectivity index (χ0) is 24.4. The summed E-state index contributed by atoms with van der Waals surface area (Å²) in [5, 5.41) is 5.15. The van der Waals surface area contributed by atoms with E-state index in [1.165, 1.54) is 16.9 Å². The number of aromatic nitrogens is 2. The number of amides is 3. The summed E-state index contributed by atoms with van der Waals surface area (Å²) in [5.74, 6) is -1.14. The van der Waals surface area contributed by atoms with Crippen LogP contribution < -0.4 is 5.32 Å². The van der Waals surface area contributed by atoms with E-state index < -0.39 is 5.91 Å². The highest BCUT2D eigenvalue weighted by molar-refractivity contribution is 7.14. The number of thiazole rings is 1. The predicted molar refractivity (Wildman–Crippen MR) is 134 cm³/mol. The van der Waals surface area contributed by atoms with Crippen molar-refractivity contribution in [3.63, 3.8) is 0 Å². The molecule has 1 N–H and O–H groups in total. The third-order valence-electron chi connectivity index (χ3n) is 7.61. The van der Waals surface area contributed by atoms with Crippen LogP contribution in [-0.4, -0.2) is 38.7 Å². The maximum absolute atomic E-state index is 12.8. The van der Waals surface area contributed by atoms with Crippen molar-refractivity contribution in [1.82, 2.24) is 14.5 Å². The van der Waals surface area contributed by atoms with Gasteiger partial charge >= 0.3 is 0 Å². The Morgan fingerprint density at radius 3 is 2.37 bits per heavy atom. The molecular formula is C27H26N4O3S. The van der Waals surface area contributed by atoms with Gasteiger partial charge in [0.2, 0.25) is 17.7 Å². The quantitative estimate of drug-likeness (QED) is 0.431. The van der Waals surface area contributed by atoms with E-state index in [-0.39, 0.29) is 42.0 Å². The SMILES string of the molecule is Cc1ccc(-n2c(C)cc(-c3csc(NC(=O)CN4C(=O)C5C6C=CC(C6)C5C4=O)n3)c2C)cc1. The topological polar surface area (TPSA) is 84.3 Å². The van der Waals surface area contributed by atoms with Gasteiger partial charge in [0, 0.05) is 28.0 Å². The van der Waals surface area contributed by atoms with Crippen molar-refractivity contribution in [1.29, 1.82) is 0 Å². The molecular weight excluding hydrogens is 460 g/mol. The Labute approximate surface area is 207 Å². The van der Waals surface area contributed by atoms with Crippen molar-refractivity contribution in [3.05, 3.63) is 64.8 Å². The fraction of sp³-hybridized carbons (Fsp3) is 0.333. The summed E-state index contributed by atoms with van der Waals surface area (Å²) in [4.78, 5) is 44.2. The van der Waals surface area contributed by atoms with Crippen LogP contribution in [0.1, 0.15) is 23.4 Å². The van der Waals surface area contributed by atoms with Gasteiger partial charge in [-0.1, -0.05) is 29.8 Å². The van der Waals surface area contributed by atoms with E-state index in [1.807, 2.05) is 17.5 Å². The van der Waals surface area contributed by atoms with Gasteiger partial charge in [0.1, 0.15) is 6.54 Å². The van der Waals surface area contributed by atoms with Crippen molar-refractivity contribution in [2.24, 2.45) is 23.7 Å². The summed E-state index contributed by atoms with van der Waals surface area (Å²) < 4.78 is 2.19. The van der Waals surface area contributed by atoms with Crippen LogP contribution in [0.3, 0.4) is 0 Å². The Bertz CT molecular complexity index is 1370. The van der Waals surface area contributed by atoms with Gasteiger partial charge in [0.05, 0.1) is 17.5 Å². The molecule has 2 bridgehead atoms. The molecule has 35 heavy (non-hydrogen) atoms. The van der Waals surface area contributed by atoms with Crippen LogP contribution >= 0.6 is 11.3 Å². The zero-order valence-electron chi connectivity index (χ0n) is 19.8. The van der Waals surface area contributed by atoms with Crippen molar-refractivity contribution in [2.75, 3.05) is 11.9 Å². The second kappa shape index (κ2) is 8.02. The Balaban J connectivity index is 1.16. The molecule has 0 radical (unpaired) electrons. The van der Waals surface area contributed by atoms with E-state index in [1.54, 1.807) is 0 Å². The summed E-state index contributed by atoms with van der Waals surface area (Å²) in [7, 11) is 0. The number of imide groups is 1. The molecule has 1 aliphatic heterocycles. The molecule has 4 unspecified atom stereocenters. The number of nitrogens with one attached hydrogen (secondary N) is 1. The number of fused-ring (bicyclic) bond motifs is 5. The van der Waals surface area contributed by atoms with Crippen LogP contribution in [0.2, 0.25) is 0 Å². The van der Waals surface area contributed by atoms with Gasteiger partial charge in [0.25, 0.3) is 0 Å². The maximum Gasteiger partial charge on any atom is 0.246 e. The Hall–Kier alpha value is -3.52. The normalized spacial score (nSPS) is 24.5. The lowest BCUT2D eigenvalue weighted by Crippen LogP contribution is -2.39. The lowest BCUT2D eigenvalue weighted by Gasteiger charge is -2.16. The first-order chi connectivity index (χ1) is 16.8. The monoisotopic (exact) mass is 486 g/mol. The minimum Gasteiger partial charge on any atom is -0.318 e. The molecule has 2 fully saturated rings. The highest BCUT2D eigenvalue weighted by Gasteiger charge is 2.59. The lowest BCUT2D eigenvalue weighted by molar-refractivity contribution is -0.143. The van der Waals surface area contributed by atoms with Crippen LogP contribution in [0.15, 0.2) is 47.9 Å². The minimum absolute atomic E-state index is 0.134. The predicted octanol–water partition coefficient (Wildman–Crippen LogP) is 4.27. The zero-order valence-corrected chi connectivity index (χ0v) is 20.6. The Morgan fingerprint density at radius 1 is 1.06 bits per heavy atom. The third kappa shape index (κ3) is 3.46. The molecule has 4 atom stereocenters. The molecule has 2 aromatic heterocycles. The average Bonchev–Trinajstić information content (AvgIpc) is 3.64. The average molecular weight is 487 g/mol. The smallest absolute Gasteiger partial charge is 0.246 e. The summed E-state index contributed by atoms with van der Waals surface area (Å²) >= 11 is 1.33. The first-order valence-electron chi connectivity index (χ1n) is 11.9. The second-order valence-electron chi connectivity index (χ2n) is 9.80. The maximum atomic E-state index is 12.8. The number of allylic oxidation sites excluding steroid dienone is 2. The highest BCUT2D eigenvalue weighted by Crippen LogP contribution is 2.52. The van der Waals surface area contributed by atoms with Crippen LogP contribution in [-0.2, 0) is 14.4 Å². The number of likely N-dealkylation sites (tertiary alicyclic amines) is 1. The molecule has 1 saturated carbocycles. The van der Waals surface area contributed by atoms with Crippen molar-refractivity contribution in [3.8, 4) is 16.9 Å². The number of nitrogens with zero attached hydrogens (tertiary/aromatic N) is 3. The van der Waals surface area contributed by atoms with E-state index in [9.17, 15) is 14.4 Å². The van der Waals surface area contributed by atoms with Crippen LogP contribution in [0.4, 0.5) is 5.13 Å². The van der Waals surface area contributed by atoms with E-state index in [0.717, 1.165) is 39.7 Å². The van der Waals surface area contributed by atoms with E-state index >= 15 is 0 Å². The molecule has 178 valence electrons. The fourth-order valence-corrected chi connectivity index (χ4v) is 6.72. The largest absolute Gasteiger partial charge is 0.318 e. The van der Waals surface area contributed by atoms with E-state index in [0.29, 0.717) is 5.13 Å². The molecule has 3 aliphatic rings. The van der Waals surface area contributed by atoms with Crippen LogP contribution in [0, 0.1) is 44.4 Å². The first kappa shape index (κ1) is 22.0. The van der Waals surface area contributed by atoms with Gasteiger partial charge in [-0.25, -0.2) is 4.98 Å². The van der Waals surface area contributed by atoms with Gasteiger partial charge in [-0.15, -0.1) is 11.3 Å². The molecule has 8 heteroatoms. The van der Waals surface area contributed by atoms with Gasteiger partial charge in [-0.05, 0) is 57.2 Å². The summed E-state index contributed by atoms with van der Waals surface area (Å²) in [6, 6.07) is 10.5. The fourth-order valence-electron chi connectivity index (χ4n) is 5.99. The number of carbonyl (C=O) groups excluding carboxylic acids is 3. The van der Waals surface area contributed by atoms with Gasteiger partial charge in [-0.2, -0.15) is 0 Å². The molecule has 0 spiro atoms. The number of aryl methyl sites for hydroxylation is 2. The molecule has 1 aromatic carbocycles. The molecule has 3 amide bonds. The Morgan fingerprint density at radius 2 is 1.71 bits per heavy atom. The molecule has 3 aromatic rings. The van der Waals surface area contributed by atoms with Crippen molar-refractivity contribution < 1.29 is 14.4 Å². The minimum atomic E-state index is -0.405. The van der Waals surface area contributed by atoms with Gasteiger partial charge in [-0.3, -0.25) is 19.3 Å². The molecule has 7 nitrogen and oxygen atoms in total. The first-order valence-corrected chi connectivity index (χ1v) is 12.7.